The van der Waals surface area contributed by atoms with Crippen LogP contribution in [0.4, 0.5) is 31.8 Å². The van der Waals surface area contributed by atoms with Crippen LogP contribution < -0.4 is 25.0 Å². The molecule has 3 aromatic carbocycles. The van der Waals surface area contributed by atoms with Crippen molar-refractivity contribution < 1.29 is 27.3 Å². The molecule has 1 fully saturated rings. The number of fused-ring (bicyclic) bond motifs is 1. The maximum Gasteiger partial charge on any atom is 0.259 e. The van der Waals surface area contributed by atoms with Gasteiger partial charge in [0.05, 0.1) is 42.0 Å². The Morgan fingerprint density at radius 2 is 1.72 bits per heavy atom. The molecule has 1 unspecified atom stereocenters. The number of methoxy groups -OCH3 is 1. The molecule has 1 amide bonds. The highest BCUT2D eigenvalue weighted by molar-refractivity contribution is 7.84. The highest BCUT2D eigenvalue weighted by Crippen LogP contribution is 2.38. The number of halogens is 2. The molecule has 1 aliphatic heterocycles. The lowest BCUT2D eigenvalue weighted by Crippen LogP contribution is -2.47. The minimum Gasteiger partial charge on any atom is -0.494 e. The van der Waals surface area contributed by atoms with Crippen molar-refractivity contribution in [3.05, 3.63) is 108 Å². The molecule has 12 nitrogen and oxygen atoms in total. The van der Waals surface area contributed by atoms with Crippen molar-refractivity contribution in [3.8, 4) is 34.1 Å². The van der Waals surface area contributed by atoms with Crippen molar-refractivity contribution in [1.82, 2.24) is 24.3 Å². The van der Waals surface area contributed by atoms with Crippen LogP contribution in [0, 0.1) is 11.6 Å². The van der Waals surface area contributed by atoms with Gasteiger partial charge in [-0.25, -0.2) is 23.7 Å². The number of aromatic nitrogens is 4. The Hall–Kier alpha value is -5.93. The van der Waals surface area contributed by atoms with E-state index in [-0.39, 0.29) is 17.9 Å². The van der Waals surface area contributed by atoms with E-state index in [1.165, 1.54) is 6.07 Å². The highest BCUT2D eigenvalue weighted by atomic mass is 32.2. The number of carbonyl (C=O) groups excluding carboxylic acids is 1. The van der Waals surface area contributed by atoms with Crippen molar-refractivity contribution >= 4 is 45.4 Å². The molecule has 0 spiro atoms. The SMILES string of the molecule is CCOc1ccc(-c2nc3ccccn3c2-c2ccnc(Nc3cc(CC)c(N4CCN(CCS(C)=O)CC4)cc3OC)n2)cc1C(=O)Nc1c(F)cccc1F. The average Bonchev–Trinajstić information content (AvgIpc) is 3.61. The zero-order chi connectivity index (χ0) is 40.1. The smallest absolute Gasteiger partial charge is 0.259 e. The van der Waals surface area contributed by atoms with E-state index in [0.717, 1.165) is 62.5 Å². The molecule has 1 aliphatic rings. The van der Waals surface area contributed by atoms with Gasteiger partial charge < -0.3 is 25.0 Å². The number of nitrogens with one attached hydrogen (secondary N) is 2. The summed E-state index contributed by atoms with van der Waals surface area (Å²) in [7, 11) is 0.828. The second kappa shape index (κ2) is 17.5. The molecule has 0 saturated carbocycles. The van der Waals surface area contributed by atoms with Gasteiger partial charge in [-0.2, -0.15) is 0 Å². The Bertz CT molecular complexity index is 2420. The molecular formula is C42H44F2N8O4S. The number of rotatable bonds is 14. The number of carbonyl (C=O) groups is 1. The quantitative estimate of drug-likeness (QED) is 0.117. The zero-order valence-electron chi connectivity index (χ0n) is 32.2. The number of imidazole rings is 1. The lowest BCUT2D eigenvalue weighted by Gasteiger charge is -2.37. The monoisotopic (exact) mass is 794 g/mol. The molecule has 6 aromatic rings. The maximum atomic E-state index is 14.5. The second-order valence-corrected chi connectivity index (χ2v) is 15.0. The third kappa shape index (κ3) is 8.59. The number of hydrogen-bond donors (Lipinski definition) is 2. The summed E-state index contributed by atoms with van der Waals surface area (Å²) in [6.07, 6.45) is 6.08. The fraction of sp³-hybridized carbons (Fsp3) is 0.286. The number of anilines is 4. The van der Waals surface area contributed by atoms with Gasteiger partial charge >= 0.3 is 0 Å². The minimum atomic E-state index is -0.898. The van der Waals surface area contributed by atoms with E-state index in [2.05, 4.69) is 44.5 Å². The van der Waals surface area contributed by atoms with E-state index in [0.29, 0.717) is 51.4 Å². The first-order chi connectivity index (χ1) is 27.7. The highest BCUT2D eigenvalue weighted by Gasteiger charge is 2.24. The normalized spacial score (nSPS) is 13.8. The molecule has 3 aromatic heterocycles. The Balaban J connectivity index is 1.21. The van der Waals surface area contributed by atoms with Gasteiger partial charge in [0.25, 0.3) is 5.91 Å². The molecule has 296 valence electrons. The number of piperazine rings is 1. The van der Waals surface area contributed by atoms with Gasteiger partial charge in [-0.3, -0.25) is 18.3 Å². The lowest BCUT2D eigenvalue weighted by molar-refractivity contribution is 0.102. The van der Waals surface area contributed by atoms with Crippen LogP contribution in [0.15, 0.2) is 85.2 Å². The molecule has 4 heterocycles. The minimum absolute atomic E-state index is 0.0726. The van der Waals surface area contributed by atoms with Crippen LogP contribution >= 0.6 is 0 Å². The van der Waals surface area contributed by atoms with Crippen LogP contribution in [0.25, 0.3) is 28.3 Å². The number of amides is 1. The van der Waals surface area contributed by atoms with Crippen molar-refractivity contribution in [3.63, 3.8) is 0 Å². The topological polar surface area (TPSA) is 126 Å². The first-order valence-corrected chi connectivity index (χ1v) is 20.5. The van der Waals surface area contributed by atoms with E-state index < -0.39 is 34.0 Å². The number of benzene rings is 3. The van der Waals surface area contributed by atoms with Crippen molar-refractivity contribution in [2.24, 2.45) is 0 Å². The Labute approximate surface area is 332 Å². The summed E-state index contributed by atoms with van der Waals surface area (Å²) in [6.45, 7) is 8.51. The Kier molecular flexibility index (Phi) is 12.0. The van der Waals surface area contributed by atoms with E-state index in [1.54, 1.807) is 50.8 Å². The molecule has 1 saturated heterocycles. The van der Waals surface area contributed by atoms with E-state index >= 15 is 0 Å². The Morgan fingerprint density at radius 1 is 0.930 bits per heavy atom. The fourth-order valence-electron chi connectivity index (χ4n) is 6.98. The molecular weight excluding hydrogens is 751 g/mol. The summed E-state index contributed by atoms with van der Waals surface area (Å²) >= 11 is 0. The number of hydrogen-bond acceptors (Lipinski definition) is 10. The Morgan fingerprint density at radius 3 is 2.44 bits per heavy atom. The van der Waals surface area contributed by atoms with Gasteiger partial charge in [-0.15, -0.1) is 0 Å². The average molecular weight is 795 g/mol. The fourth-order valence-corrected chi connectivity index (χ4v) is 7.49. The number of para-hydroxylation sites is 1. The van der Waals surface area contributed by atoms with Gasteiger partial charge in [-0.05, 0) is 73.5 Å². The van der Waals surface area contributed by atoms with Gasteiger partial charge in [0.15, 0.2) is 0 Å². The van der Waals surface area contributed by atoms with Gasteiger partial charge in [0.1, 0.15) is 34.5 Å². The van der Waals surface area contributed by atoms with Crippen LogP contribution in [0.2, 0.25) is 0 Å². The van der Waals surface area contributed by atoms with Gasteiger partial charge in [0.2, 0.25) is 5.95 Å². The number of aryl methyl sites for hydroxylation is 1. The molecule has 15 heteroatoms. The summed E-state index contributed by atoms with van der Waals surface area (Å²) in [4.78, 5) is 32.8. The lowest BCUT2D eigenvalue weighted by atomic mass is 10.0. The third-order valence-electron chi connectivity index (χ3n) is 9.86. The van der Waals surface area contributed by atoms with Gasteiger partial charge in [-0.1, -0.05) is 19.1 Å². The third-order valence-corrected chi connectivity index (χ3v) is 10.6. The number of nitrogens with zero attached hydrogens (tertiary/aromatic N) is 6. The summed E-state index contributed by atoms with van der Waals surface area (Å²) in [5, 5.41) is 5.76. The van der Waals surface area contributed by atoms with E-state index in [4.69, 9.17) is 19.4 Å². The van der Waals surface area contributed by atoms with Crippen molar-refractivity contribution in [2.45, 2.75) is 20.3 Å². The molecule has 0 aliphatic carbocycles. The molecule has 7 rings (SSSR count). The van der Waals surface area contributed by atoms with Crippen LogP contribution in [0.1, 0.15) is 29.8 Å². The summed E-state index contributed by atoms with van der Waals surface area (Å²) in [5.41, 5.74) is 5.38. The summed E-state index contributed by atoms with van der Waals surface area (Å²) in [5.74, 6) is -0.644. The molecule has 57 heavy (non-hydrogen) atoms. The van der Waals surface area contributed by atoms with Crippen molar-refractivity contribution in [2.75, 3.05) is 74.0 Å². The largest absolute Gasteiger partial charge is 0.494 e. The predicted octanol–water partition coefficient (Wildman–Crippen LogP) is 7.20. The van der Waals surface area contributed by atoms with Gasteiger partial charge in [0, 0.05) is 85.2 Å². The summed E-state index contributed by atoms with van der Waals surface area (Å²) in [6, 6.07) is 19.9. The maximum absolute atomic E-state index is 14.5. The van der Waals surface area contributed by atoms with Crippen LogP contribution in [-0.2, 0) is 17.2 Å². The molecule has 0 bridgehead atoms. The standard InChI is InChI=1S/C42H44F2N8O4S/c1-5-27-25-33(36(55-3)26-34(27)51-20-18-50(19-21-51)22-23-57(4)54)47-42-45-16-15-32(46-42)40-38(48-37-12-7-8-17-52(37)40)28-13-14-35(56-6-2)29(24-28)41(53)49-39-30(43)10-9-11-31(39)44/h7-17,24-26H,5-6,18-23H2,1-4H3,(H,49,53)(H,45,46,47). The predicted molar refractivity (Wildman–Crippen MR) is 220 cm³/mol. The van der Waals surface area contributed by atoms with Crippen LogP contribution in [0.5, 0.6) is 11.5 Å². The van der Waals surface area contributed by atoms with Crippen LogP contribution in [0.3, 0.4) is 0 Å². The number of ether oxygens (including phenoxy) is 2. The first-order valence-electron chi connectivity index (χ1n) is 18.8. The zero-order valence-corrected chi connectivity index (χ0v) is 33.0. The molecule has 0 radical (unpaired) electrons. The van der Waals surface area contributed by atoms with E-state index in [9.17, 15) is 17.8 Å². The van der Waals surface area contributed by atoms with Crippen molar-refractivity contribution in [1.29, 1.82) is 0 Å². The van der Waals surface area contributed by atoms with Crippen LogP contribution in [-0.4, -0.2) is 92.8 Å². The number of pyridine rings is 1. The first kappa shape index (κ1) is 39.3. The molecule has 2 N–H and O–H groups in total. The summed E-state index contributed by atoms with van der Waals surface area (Å²) < 4.78 is 54.3. The van der Waals surface area contributed by atoms with E-state index in [1.807, 2.05) is 28.8 Å². The molecule has 1 atom stereocenters. The second-order valence-electron chi connectivity index (χ2n) is 13.5.